The fourth-order valence-electron chi connectivity index (χ4n) is 3.98. The quantitative estimate of drug-likeness (QED) is 0.512. The maximum atomic E-state index is 12.5. The number of aliphatic hydroxyl groups is 1. The van der Waals surface area contributed by atoms with Gasteiger partial charge in [-0.25, -0.2) is 4.79 Å². The van der Waals surface area contributed by atoms with Crippen LogP contribution < -0.4 is 10.1 Å². The van der Waals surface area contributed by atoms with Gasteiger partial charge in [0.05, 0.1) is 12.6 Å². The number of fused-ring (bicyclic) bond motifs is 3. The van der Waals surface area contributed by atoms with Crippen LogP contribution in [-0.2, 0) is 4.74 Å². The molecule has 0 aliphatic heterocycles. The Labute approximate surface area is 188 Å². The predicted octanol–water partition coefficient (Wildman–Crippen LogP) is 5.20. The highest BCUT2D eigenvalue weighted by molar-refractivity contribution is 5.79. The minimum atomic E-state index is -4.43. The van der Waals surface area contributed by atoms with E-state index in [0.29, 0.717) is 5.56 Å². The number of benzene rings is 3. The Hall–Kier alpha value is -3.52. The molecule has 0 radical (unpaired) electrons. The second-order valence-corrected chi connectivity index (χ2v) is 7.68. The molecule has 0 aromatic heterocycles. The molecule has 0 saturated carbocycles. The first-order valence-corrected chi connectivity index (χ1v) is 10.4. The molecule has 0 bridgehead atoms. The summed E-state index contributed by atoms with van der Waals surface area (Å²) in [6, 6.07) is 20.8. The first kappa shape index (κ1) is 22.7. The molecule has 3 aromatic rings. The average Bonchev–Trinajstić information content (AvgIpc) is 3.13. The van der Waals surface area contributed by atoms with E-state index in [9.17, 15) is 23.1 Å². The second kappa shape index (κ2) is 9.54. The first-order valence-electron chi connectivity index (χ1n) is 10.4. The molecule has 1 unspecified atom stereocenters. The summed E-state index contributed by atoms with van der Waals surface area (Å²) in [6.07, 6.45) is -5.13. The molecule has 8 heteroatoms. The normalized spacial score (nSPS) is 13.7. The Morgan fingerprint density at radius 3 is 2.06 bits per heavy atom. The molecule has 0 heterocycles. The van der Waals surface area contributed by atoms with Crippen molar-refractivity contribution in [2.45, 2.75) is 18.1 Å². The molecule has 1 atom stereocenters. The van der Waals surface area contributed by atoms with Crippen molar-refractivity contribution in [1.29, 1.82) is 0 Å². The molecular formula is C25H22F3NO4. The van der Waals surface area contributed by atoms with Crippen LogP contribution in [0.4, 0.5) is 18.0 Å². The molecule has 1 aliphatic carbocycles. The summed E-state index contributed by atoms with van der Waals surface area (Å²) in [5.41, 5.74) is 4.90. The summed E-state index contributed by atoms with van der Waals surface area (Å²) in [6.45, 7) is -1.68. The molecule has 172 valence electrons. The fraction of sp³-hybridized carbons (Fsp3) is 0.240. The molecular weight excluding hydrogens is 435 g/mol. The number of rotatable bonds is 7. The Balaban J connectivity index is 1.37. The average molecular weight is 457 g/mol. The monoisotopic (exact) mass is 457 g/mol. The molecule has 1 aliphatic rings. The lowest BCUT2D eigenvalue weighted by Gasteiger charge is -2.19. The Bertz CT molecular complexity index is 1070. The molecule has 33 heavy (non-hydrogen) atoms. The molecule has 0 saturated heterocycles. The third-order valence-electron chi connectivity index (χ3n) is 5.50. The lowest BCUT2D eigenvalue weighted by atomic mass is 9.98. The number of halogens is 3. The number of carbonyl (C=O) groups excluding carboxylic acids is 1. The third kappa shape index (κ3) is 5.28. The van der Waals surface area contributed by atoms with Crippen LogP contribution in [0.3, 0.4) is 0 Å². The second-order valence-electron chi connectivity index (χ2n) is 7.68. The molecule has 2 N–H and O–H groups in total. The number of amides is 1. The van der Waals surface area contributed by atoms with Gasteiger partial charge in [-0.05, 0) is 39.9 Å². The van der Waals surface area contributed by atoms with Crippen molar-refractivity contribution in [3.63, 3.8) is 0 Å². The highest BCUT2D eigenvalue weighted by atomic mass is 19.4. The number of carbonyl (C=O) groups is 1. The highest BCUT2D eigenvalue weighted by Gasteiger charge is 2.30. The van der Waals surface area contributed by atoms with Gasteiger partial charge < -0.3 is 19.9 Å². The minimum Gasteiger partial charge on any atom is -0.484 e. The fourth-order valence-corrected chi connectivity index (χ4v) is 3.98. The maximum absolute atomic E-state index is 12.5. The number of hydrogen-bond acceptors (Lipinski definition) is 4. The van der Waals surface area contributed by atoms with Crippen LogP contribution >= 0.6 is 0 Å². The number of nitrogens with one attached hydrogen (secondary N) is 1. The van der Waals surface area contributed by atoms with Gasteiger partial charge >= 0.3 is 12.3 Å². The summed E-state index contributed by atoms with van der Waals surface area (Å²) in [4.78, 5) is 12.5. The van der Waals surface area contributed by atoms with E-state index < -0.39 is 31.5 Å². The van der Waals surface area contributed by atoms with Gasteiger partial charge in [0.25, 0.3) is 0 Å². The van der Waals surface area contributed by atoms with Crippen LogP contribution in [0.1, 0.15) is 28.7 Å². The van der Waals surface area contributed by atoms with Gasteiger partial charge in [-0.1, -0.05) is 60.7 Å². The van der Waals surface area contributed by atoms with Crippen LogP contribution in [0.2, 0.25) is 0 Å². The van der Waals surface area contributed by atoms with Crippen molar-refractivity contribution in [2.75, 3.05) is 19.8 Å². The van der Waals surface area contributed by atoms with E-state index in [4.69, 9.17) is 4.74 Å². The molecule has 3 aromatic carbocycles. The topological polar surface area (TPSA) is 67.8 Å². The van der Waals surface area contributed by atoms with Crippen molar-refractivity contribution in [2.24, 2.45) is 0 Å². The number of hydrogen-bond donors (Lipinski definition) is 2. The van der Waals surface area contributed by atoms with Crippen molar-refractivity contribution in [3.8, 4) is 16.9 Å². The van der Waals surface area contributed by atoms with Crippen molar-refractivity contribution >= 4 is 6.09 Å². The number of alkyl halides is 3. The van der Waals surface area contributed by atoms with E-state index in [1.807, 2.05) is 48.5 Å². The van der Waals surface area contributed by atoms with Crippen LogP contribution in [0.5, 0.6) is 5.75 Å². The van der Waals surface area contributed by atoms with Crippen molar-refractivity contribution in [3.05, 3.63) is 89.5 Å². The number of ether oxygens (including phenoxy) is 2. The molecule has 5 nitrogen and oxygen atoms in total. The maximum Gasteiger partial charge on any atom is 0.422 e. The molecule has 0 fully saturated rings. The van der Waals surface area contributed by atoms with Crippen LogP contribution in [-0.4, -0.2) is 37.2 Å². The van der Waals surface area contributed by atoms with E-state index >= 15 is 0 Å². The van der Waals surface area contributed by atoms with Gasteiger partial charge in [-0.3, -0.25) is 0 Å². The van der Waals surface area contributed by atoms with E-state index in [-0.39, 0.29) is 18.3 Å². The molecule has 4 rings (SSSR count). The van der Waals surface area contributed by atoms with E-state index in [2.05, 4.69) is 10.1 Å². The van der Waals surface area contributed by atoms with Gasteiger partial charge in [0.2, 0.25) is 0 Å². The Kier molecular flexibility index (Phi) is 6.55. The highest BCUT2D eigenvalue weighted by Crippen LogP contribution is 2.44. The standard InChI is InChI=1S/C25H22F3NO4/c26-25(27,28)15-33-17-11-9-16(10-12-17)23(13-30)29-24(31)32-14-22-20-7-3-1-5-18(20)19-6-2-4-8-21(19)22/h1-12,22-23,30H,13-15H2,(H,29,31). The van der Waals surface area contributed by atoms with Crippen LogP contribution in [0, 0.1) is 0 Å². The van der Waals surface area contributed by atoms with Crippen LogP contribution in [0.15, 0.2) is 72.8 Å². The zero-order valence-corrected chi connectivity index (χ0v) is 17.5. The smallest absolute Gasteiger partial charge is 0.422 e. The van der Waals surface area contributed by atoms with Gasteiger partial charge in [0.15, 0.2) is 6.61 Å². The summed E-state index contributed by atoms with van der Waals surface area (Å²) in [7, 11) is 0. The minimum absolute atomic E-state index is 0.0360. The van der Waals surface area contributed by atoms with E-state index in [0.717, 1.165) is 22.3 Å². The van der Waals surface area contributed by atoms with Gasteiger partial charge in [-0.15, -0.1) is 0 Å². The Morgan fingerprint density at radius 2 is 1.52 bits per heavy atom. The van der Waals surface area contributed by atoms with Crippen LogP contribution in [0.25, 0.3) is 11.1 Å². The SMILES string of the molecule is O=C(NC(CO)c1ccc(OCC(F)(F)F)cc1)OCC1c2ccccc2-c2ccccc21. The predicted molar refractivity (Wildman–Crippen MR) is 116 cm³/mol. The van der Waals surface area contributed by atoms with Crippen molar-refractivity contribution in [1.82, 2.24) is 5.32 Å². The van der Waals surface area contributed by atoms with Gasteiger partial charge in [0, 0.05) is 5.92 Å². The van der Waals surface area contributed by atoms with Gasteiger partial charge in [-0.2, -0.15) is 13.2 Å². The summed E-state index contributed by atoms with van der Waals surface area (Å²) in [5.74, 6) is -0.0605. The lowest BCUT2D eigenvalue weighted by Crippen LogP contribution is -2.32. The third-order valence-corrected chi connectivity index (χ3v) is 5.50. The molecule has 1 amide bonds. The van der Waals surface area contributed by atoms with Crippen molar-refractivity contribution < 1.29 is 32.5 Å². The Morgan fingerprint density at radius 1 is 0.939 bits per heavy atom. The number of aliphatic hydroxyl groups excluding tert-OH is 1. The lowest BCUT2D eigenvalue weighted by molar-refractivity contribution is -0.153. The van der Waals surface area contributed by atoms with E-state index in [1.165, 1.54) is 24.3 Å². The van der Waals surface area contributed by atoms with Gasteiger partial charge in [0.1, 0.15) is 12.4 Å². The zero-order chi connectivity index (χ0) is 23.4. The summed E-state index contributed by atoms with van der Waals surface area (Å²) >= 11 is 0. The zero-order valence-electron chi connectivity index (χ0n) is 17.5. The first-order chi connectivity index (χ1) is 15.9. The molecule has 0 spiro atoms. The summed E-state index contributed by atoms with van der Waals surface area (Å²) < 4.78 is 47.0. The van der Waals surface area contributed by atoms with E-state index in [1.54, 1.807) is 0 Å². The summed E-state index contributed by atoms with van der Waals surface area (Å²) in [5, 5.41) is 12.3. The number of alkyl carbamates (subject to hydrolysis) is 1. The largest absolute Gasteiger partial charge is 0.484 e.